The molecule has 0 radical (unpaired) electrons. The Morgan fingerprint density at radius 3 is 2.27 bits per heavy atom. The van der Waals surface area contributed by atoms with E-state index in [0.29, 0.717) is 0 Å². The molecule has 0 aromatic carbocycles. The molecule has 0 aliphatic heterocycles. The zero-order valence-electron chi connectivity index (χ0n) is 5.57. The van der Waals surface area contributed by atoms with E-state index in [1.807, 2.05) is 0 Å². The third-order valence-electron chi connectivity index (χ3n) is 0.854. The van der Waals surface area contributed by atoms with Crippen LogP contribution in [0.15, 0.2) is 16.3 Å². The molecule has 11 heavy (non-hydrogen) atoms. The molecule has 1 heterocycles. The normalized spacial score (nSPS) is 10.7. The summed E-state index contributed by atoms with van der Waals surface area (Å²) in [5, 5.41) is 1.45. The van der Waals surface area contributed by atoms with E-state index in [9.17, 15) is 13.0 Å². The summed E-state index contributed by atoms with van der Waals surface area (Å²) in [5.74, 6) is 0. The number of rotatable bonds is 1. The van der Waals surface area contributed by atoms with Crippen molar-refractivity contribution in [3.63, 3.8) is 0 Å². The van der Waals surface area contributed by atoms with Gasteiger partial charge in [0.1, 0.15) is 14.5 Å². The third-order valence-corrected chi connectivity index (χ3v) is 3.14. The van der Waals surface area contributed by atoms with Gasteiger partial charge in [0.25, 0.3) is 0 Å². The van der Waals surface area contributed by atoms with Crippen LogP contribution < -0.4 is 18.9 Å². The van der Waals surface area contributed by atoms with E-state index in [1.54, 1.807) is 0 Å². The summed E-state index contributed by atoms with van der Waals surface area (Å²) in [6, 6.07) is 1.19. The van der Waals surface area contributed by atoms with Crippen LogP contribution >= 0.6 is 22.9 Å². The summed E-state index contributed by atoms with van der Waals surface area (Å²) >= 11 is 6.38. The number of hydrogen-bond donors (Lipinski definition) is 0. The van der Waals surface area contributed by atoms with E-state index in [2.05, 4.69) is 0 Å². The van der Waals surface area contributed by atoms with Gasteiger partial charge in [0.15, 0.2) is 0 Å². The van der Waals surface area contributed by atoms with Gasteiger partial charge in [0, 0.05) is 0 Å². The van der Waals surface area contributed by atoms with Gasteiger partial charge in [-0.2, -0.15) is 0 Å². The average Bonchev–Trinajstić information content (AvgIpc) is 2.11. The van der Waals surface area contributed by atoms with Crippen molar-refractivity contribution < 1.29 is 31.8 Å². The molecule has 7 heteroatoms. The number of thiophene rings is 1. The summed E-state index contributed by atoms with van der Waals surface area (Å²) in [5.41, 5.74) is 0. The molecule has 0 amide bonds. The Labute approximate surface area is 85.3 Å². The molecule has 0 N–H and O–H groups in total. The largest absolute Gasteiger partial charge is 1.00 e. The zero-order valence-corrected chi connectivity index (χ0v) is 7.96. The van der Waals surface area contributed by atoms with E-state index >= 15 is 0 Å². The molecular formula is C4H2ClLiO3S2. The van der Waals surface area contributed by atoms with E-state index in [0.717, 1.165) is 11.3 Å². The van der Waals surface area contributed by atoms with Crippen molar-refractivity contribution in [1.29, 1.82) is 0 Å². The molecule has 3 nitrogen and oxygen atoms in total. The topological polar surface area (TPSA) is 57.2 Å². The van der Waals surface area contributed by atoms with E-state index in [1.165, 1.54) is 11.4 Å². The third kappa shape index (κ3) is 2.78. The fraction of sp³-hybridized carbons (Fsp3) is 0. The molecule has 56 valence electrons. The monoisotopic (exact) mass is 204 g/mol. The van der Waals surface area contributed by atoms with Crippen molar-refractivity contribution in [3.8, 4) is 0 Å². The first-order chi connectivity index (χ1) is 4.52. The van der Waals surface area contributed by atoms with Crippen LogP contribution in [0.1, 0.15) is 0 Å². The standard InChI is InChI=1S/C4H3ClO3S2.Li/c5-4-3(1-2-9-4)10(6,7)8;/h1-2H,(H,6,7,8);/q;+1/p-1. The van der Waals surface area contributed by atoms with Crippen molar-refractivity contribution in [2.75, 3.05) is 0 Å². The molecule has 0 bridgehead atoms. The Hall–Kier alpha value is 0.497. The second-order valence-electron chi connectivity index (χ2n) is 1.51. The number of hydrogen-bond acceptors (Lipinski definition) is 4. The van der Waals surface area contributed by atoms with Crippen molar-refractivity contribution in [3.05, 3.63) is 15.8 Å². The minimum absolute atomic E-state index is 0. The van der Waals surface area contributed by atoms with Gasteiger partial charge in [-0.1, -0.05) is 11.6 Å². The summed E-state index contributed by atoms with van der Waals surface area (Å²) < 4.78 is 30.9. The molecule has 0 spiro atoms. The van der Waals surface area contributed by atoms with Gasteiger partial charge in [-0.25, -0.2) is 8.42 Å². The van der Waals surface area contributed by atoms with Gasteiger partial charge in [0.2, 0.25) is 0 Å². The Bertz CT molecular complexity index is 331. The Balaban J connectivity index is 0.000001000. The van der Waals surface area contributed by atoms with Crippen LogP contribution in [0.4, 0.5) is 0 Å². The predicted octanol–water partition coefficient (Wildman–Crippen LogP) is -1.69. The summed E-state index contributed by atoms with van der Waals surface area (Å²) in [6.45, 7) is 0. The van der Waals surface area contributed by atoms with Gasteiger partial charge in [0.05, 0.1) is 4.90 Å². The first-order valence-corrected chi connectivity index (χ1v) is 4.87. The van der Waals surface area contributed by atoms with Gasteiger partial charge in [-0.05, 0) is 11.4 Å². The van der Waals surface area contributed by atoms with Crippen LogP contribution in [0.3, 0.4) is 0 Å². The minimum atomic E-state index is -4.36. The molecule has 0 saturated carbocycles. The predicted molar refractivity (Wildman–Crippen MR) is 37.3 cm³/mol. The summed E-state index contributed by atoms with van der Waals surface area (Å²) in [6.07, 6.45) is 0. The van der Waals surface area contributed by atoms with Gasteiger partial charge >= 0.3 is 18.9 Å². The van der Waals surface area contributed by atoms with Crippen LogP contribution in [0.25, 0.3) is 0 Å². The minimum Gasteiger partial charge on any atom is -0.744 e. The molecule has 1 aromatic rings. The molecule has 1 aromatic heterocycles. The van der Waals surface area contributed by atoms with E-state index < -0.39 is 10.1 Å². The van der Waals surface area contributed by atoms with Crippen LogP contribution in [-0.4, -0.2) is 13.0 Å². The van der Waals surface area contributed by atoms with E-state index in [-0.39, 0.29) is 28.1 Å². The Morgan fingerprint density at radius 1 is 1.55 bits per heavy atom. The SMILES string of the molecule is O=S(=O)([O-])c1ccsc1Cl.[Li+]. The molecule has 1 rings (SSSR count). The molecule has 0 fully saturated rings. The molecule has 0 unspecified atom stereocenters. The maximum Gasteiger partial charge on any atom is 1.00 e. The van der Waals surface area contributed by atoms with Gasteiger partial charge < -0.3 is 4.55 Å². The Kier molecular flexibility index (Phi) is 4.12. The van der Waals surface area contributed by atoms with Crippen molar-refractivity contribution >= 4 is 33.1 Å². The Morgan fingerprint density at radius 2 is 2.09 bits per heavy atom. The van der Waals surface area contributed by atoms with Crippen LogP contribution in [-0.2, 0) is 10.1 Å². The smallest absolute Gasteiger partial charge is 0.744 e. The van der Waals surface area contributed by atoms with Crippen molar-refractivity contribution in [1.82, 2.24) is 0 Å². The maximum atomic E-state index is 10.3. The molecule has 0 aliphatic carbocycles. The van der Waals surface area contributed by atoms with Gasteiger partial charge in [-0.3, -0.25) is 0 Å². The quantitative estimate of drug-likeness (QED) is 0.405. The fourth-order valence-electron chi connectivity index (χ4n) is 0.461. The van der Waals surface area contributed by atoms with Crippen molar-refractivity contribution in [2.45, 2.75) is 4.90 Å². The zero-order chi connectivity index (χ0) is 7.78. The van der Waals surface area contributed by atoms with Gasteiger partial charge in [-0.15, -0.1) is 11.3 Å². The van der Waals surface area contributed by atoms with Crippen LogP contribution in [0, 0.1) is 0 Å². The second kappa shape index (κ2) is 3.94. The average molecular weight is 205 g/mol. The number of halogens is 1. The molecular weight excluding hydrogens is 203 g/mol. The molecule has 0 saturated heterocycles. The van der Waals surface area contributed by atoms with Crippen LogP contribution in [0.2, 0.25) is 4.34 Å². The molecule has 0 atom stereocenters. The summed E-state index contributed by atoms with van der Waals surface area (Å²) in [4.78, 5) is -0.334. The second-order valence-corrected chi connectivity index (χ2v) is 4.38. The first-order valence-electron chi connectivity index (χ1n) is 2.20. The molecule has 0 aliphatic rings. The first kappa shape index (κ1) is 11.5. The van der Waals surface area contributed by atoms with Crippen LogP contribution in [0.5, 0.6) is 0 Å². The van der Waals surface area contributed by atoms with Crippen molar-refractivity contribution in [2.24, 2.45) is 0 Å². The summed E-state index contributed by atoms with van der Waals surface area (Å²) in [7, 11) is -4.36. The maximum absolute atomic E-state index is 10.3. The van der Waals surface area contributed by atoms with E-state index in [4.69, 9.17) is 11.6 Å². The fourth-order valence-corrected chi connectivity index (χ4v) is 2.44.